The molecule has 0 spiro atoms. The number of likely N-dealkylation sites (tertiary alicyclic amines) is 2. The summed E-state index contributed by atoms with van der Waals surface area (Å²) in [4.78, 5) is 10.3. The van der Waals surface area contributed by atoms with Crippen molar-refractivity contribution in [1.82, 2.24) is 20.4 Å². The number of halogens is 1. The summed E-state index contributed by atoms with van der Waals surface area (Å²) < 4.78 is 11.5. The summed E-state index contributed by atoms with van der Waals surface area (Å²) >= 11 is 0. The van der Waals surface area contributed by atoms with Gasteiger partial charge >= 0.3 is 0 Å². The number of nitrogens with zero attached hydrogens (tertiary/aromatic N) is 3. The molecule has 0 bridgehead atoms. The number of hydrogen-bond donors (Lipinski definition) is 2. The minimum atomic E-state index is -0.0189. The Morgan fingerprint density at radius 3 is 2.36 bits per heavy atom. The summed E-state index contributed by atoms with van der Waals surface area (Å²) in [5.74, 6) is 2.39. The lowest BCUT2D eigenvalue weighted by Gasteiger charge is -2.49. The predicted octanol–water partition coefficient (Wildman–Crippen LogP) is 3.59. The Labute approximate surface area is 217 Å². The number of piperidine rings is 2. The lowest BCUT2D eigenvalue weighted by molar-refractivity contribution is 0.0208. The summed E-state index contributed by atoms with van der Waals surface area (Å²) in [5.41, 5.74) is 0.189. The van der Waals surface area contributed by atoms with E-state index in [0.717, 1.165) is 43.6 Å². The van der Waals surface area contributed by atoms with Crippen LogP contribution in [0.1, 0.15) is 46.0 Å². The quantitative estimate of drug-likeness (QED) is 0.268. The Bertz CT molecular complexity index is 719. The third-order valence-corrected chi connectivity index (χ3v) is 6.77. The van der Waals surface area contributed by atoms with Crippen LogP contribution in [-0.2, 0) is 0 Å². The zero-order chi connectivity index (χ0) is 22.8. The fourth-order valence-electron chi connectivity index (χ4n) is 4.76. The predicted molar refractivity (Wildman–Crippen MR) is 147 cm³/mol. The number of guanidine groups is 1. The van der Waals surface area contributed by atoms with Crippen molar-refractivity contribution < 1.29 is 9.47 Å². The fourth-order valence-corrected chi connectivity index (χ4v) is 4.76. The van der Waals surface area contributed by atoms with Gasteiger partial charge in [0.2, 0.25) is 0 Å². The summed E-state index contributed by atoms with van der Waals surface area (Å²) in [5, 5.41) is 6.91. The number of para-hydroxylation sites is 2. The average Bonchev–Trinajstić information content (AvgIpc) is 2.83. The number of nitrogens with one attached hydrogen (secondary N) is 2. The van der Waals surface area contributed by atoms with Crippen LogP contribution in [0.25, 0.3) is 0 Å². The van der Waals surface area contributed by atoms with Gasteiger partial charge in [-0.2, -0.15) is 0 Å². The van der Waals surface area contributed by atoms with Crippen LogP contribution in [-0.4, -0.2) is 87.4 Å². The third-order valence-electron chi connectivity index (χ3n) is 6.77. The molecule has 1 unspecified atom stereocenters. The summed E-state index contributed by atoms with van der Waals surface area (Å²) in [6.07, 6.45) is 6.37. The third kappa shape index (κ3) is 8.17. The Kier molecular flexibility index (Phi) is 12.0. The summed E-state index contributed by atoms with van der Waals surface area (Å²) in [7, 11) is 3.90. The molecule has 0 amide bonds. The normalized spacial score (nSPS) is 20.4. The van der Waals surface area contributed by atoms with E-state index in [1.807, 2.05) is 24.3 Å². The van der Waals surface area contributed by atoms with Crippen LogP contribution in [0.3, 0.4) is 0 Å². The number of aliphatic imine (C=N–C) groups is 1. The largest absolute Gasteiger partial charge is 0.493 e. The molecule has 0 radical (unpaired) electrons. The van der Waals surface area contributed by atoms with Gasteiger partial charge in [-0.25, -0.2) is 0 Å². The van der Waals surface area contributed by atoms with Gasteiger partial charge in [0.25, 0.3) is 0 Å². The van der Waals surface area contributed by atoms with Gasteiger partial charge in [-0.05, 0) is 84.9 Å². The van der Waals surface area contributed by atoms with Gasteiger partial charge in [-0.1, -0.05) is 18.6 Å². The number of benzene rings is 1. The number of rotatable bonds is 9. The molecule has 0 aromatic heterocycles. The molecule has 2 aliphatic rings. The highest BCUT2D eigenvalue weighted by Gasteiger charge is 2.39. The SMILES string of the molecule is CCNC(=NCC1(N2CCCCC2)CCN(C)CC1)NCC(C)Oc1ccccc1OC.I. The first-order valence-corrected chi connectivity index (χ1v) is 12.3. The van der Waals surface area contributed by atoms with Crippen molar-refractivity contribution in [1.29, 1.82) is 0 Å². The van der Waals surface area contributed by atoms with E-state index in [4.69, 9.17) is 14.5 Å². The maximum atomic E-state index is 6.10. The van der Waals surface area contributed by atoms with Crippen molar-refractivity contribution in [3.63, 3.8) is 0 Å². The topological polar surface area (TPSA) is 61.4 Å². The monoisotopic (exact) mass is 573 g/mol. The van der Waals surface area contributed by atoms with E-state index in [1.165, 1.54) is 45.2 Å². The zero-order valence-corrected chi connectivity index (χ0v) is 23.3. The van der Waals surface area contributed by atoms with Gasteiger partial charge in [0, 0.05) is 12.1 Å². The van der Waals surface area contributed by atoms with Gasteiger partial charge in [0.15, 0.2) is 17.5 Å². The van der Waals surface area contributed by atoms with E-state index >= 15 is 0 Å². The van der Waals surface area contributed by atoms with Crippen LogP contribution in [0.4, 0.5) is 0 Å². The van der Waals surface area contributed by atoms with Crippen molar-refractivity contribution >= 4 is 29.9 Å². The van der Waals surface area contributed by atoms with Gasteiger partial charge < -0.3 is 25.0 Å². The highest BCUT2D eigenvalue weighted by Crippen LogP contribution is 2.32. The maximum absolute atomic E-state index is 6.10. The second-order valence-electron chi connectivity index (χ2n) is 9.23. The molecule has 0 aliphatic carbocycles. The standard InChI is InChI=1S/C25H43N5O2.HI/c1-5-26-24(27-19-21(2)32-23-12-8-7-11-22(23)31-4)28-20-25(13-17-29(3)18-14-25)30-15-9-6-10-16-30;/h7-8,11-12,21H,5-6,9-10,13-20H2,1-4H3,(H2,26,27,28);1H. The molecule has 0 saturated carbocycles. The molecule has 2 heterocycles. The van der Waals surface area contributed by atoms with E-state index in [2.05, 4.69) is 41.3 Å². The van der Waals surface area contributed by atoms with E-state index in [0.29, 0.717) is 6.54 Å². The van der Waals surface area contributed by atoms with E-state index in [1.54, 1.807) is 7.11 Å². The first kappa shape index (κ1) is 28.0. The van der Waals surface area contributed by atoms with Crippen LogP contribution in [0.15, 0.2) is 29.3 Å². The van der Waals surface area contributed by atoms with E-state index < -0.39 is 0 Å². The van der Waals surface area contributed by atoms with Gasteiger partial charge in [0.05, 0.1) is 20.2 Å². The minimum Gasteiger partial charge on any atom is -0.493 e. The highest BCUT2D eigenvalue weighted by atomic mass is 127. The molecule has 1 atom stereocenters. The molecule has 33 heavy (non-hydrogen) atoms. The van der Waals surface area contributed by atoms with Gasteiger partial charge in [-0.15, -0.1) is 24.0 Å². The van der Waals surface area contributed by atoms with Crippen LogP contribution < -0.4 is 20.1 Å². The molecule has 2 aliphatic heterocycles. The lowest BCUT2D eigenvalue weighted by atomic mass is 9.84. The van der Waals surface area contributed by atoms with Crippen LogP contribution >= 0.6 is 24.0 Å². The van der Waals surface area contributed by atoms with E-state index in [9.17, 15) is 0 Å². The molecule has 8 heteroatoms. The smallest absolute Gasteiger partial charge is 0.191 e. The molecule has 3 rings (SSSR count). The molecule has 7 nitrogen and oxygen atoms in total. The molecule has 1 aromatic rings. The lowest BCUT2D eigenvalue weighted by Crippen LogP contribution is -2.58. The van der Waals surface area contributed by atoms with Gasteiger partial charge in [-0.3, -0.25) is 9.89 Å². The second kappa shape index (κ2) is 14.2. The molecule has 188 valence electrons. The van der Waals surface area contributed by atoms with Crippen LogP contribution in [0, 0.1) is 0 Å². The maximum Gasteiger partial charge on any atom is 0.191 e. The molecule has 2 fully saturated rings. The molecule has 2 saturated heterocycles. The van der Waals surface area contributed by atoms with Crippen molar-refractivity contribution in [2.24, 2.45) is 4.99 Å². The first-order chi connectivity index (χ1) is 15.6. The molecular formula is C25H44IN5O2. The van der Waals surface area contributed by atoms with E-state index in [-0.39, 0.29) is 35.6 Å². The average molecular weight is 574 g/mol. The van der Waals surface area contributed by atoms with Crippen LogP contribution in [0.2, 0.25) is 0 Å². The highest BCUT2D eigenvalue weighted by molar-refractivity contribution is 14.0. The van der Waals surface area contributed by atoms with Gasteiger partial charge in [0.1, 0.15) is 6.10 Å². The van der Waals surface area contributed by atoms with Crippen molar-refractivity contribution in [2.75, 3.05) is 60.0 Å². The number of methoxy groups -OCH3 is 1. The number of hydrogen-bond acceptors (Lipinski definition) is 5. The number of ether oxygens (including phenoxy) is 2. The Balaban J connectivity index is 0.00000385. The van der Waals surface area contributed by atoms with Crippen LogP contribution in [0.5, 0.6) is 11.5 Å². The molecular weight excluding hydrogens is 529 g/mol. The Morgan fingerprint density at radius 2 is 1.73 bits per heavy atom. The van der Waals surface area contributed by atoms with Crippen molar-refractivity contribution in [3.8, 4) is 11.5 Å². The summed E-state index contributed by atoms with van der Waals surface area (Å²) in [6.45, 7) is 11.3. The van der Waals surface area contributed by atoms with Crippen molar-refractivity contribution in [3.05, 3.63) is 24.3 Å². The summed E-state index contributed by atoms with van der Waals surface area (Å²) in [6, 6.07) is 7.77. The first-order valence-electron chi connectivity index (χ1n) is 12.3. The van der Waals surface area contributed by atoms with Crippen molar-refractivity contribution in [2.45, 2.75) is 57.6 Å². The molecule has 2 N–H and O–H groups in total. The Morgan fingerprint density at radius 1 is 1.06 bits per heavy atom. The second-order valence-corrected chi connectivity index (χ2v) is 9.23. The molecule has 1 aromatic carbocycles. The Hall–Kier alpha value is -1.26. The minimum absolute atomic E-state index is 0. The fraction of sp³-hybridized carbons (Fsp3) is 0.720. The zero-order valence-electron chi connectivity index (χ0n) is 20.9.